The van der Waals surface area contributed by atoms with Crippen molar-refractivity contribution in [3.05, 3.63) is 82.6 Å². The van der Waals surface area contributed by atoms with Crippen LogP contribution in [0.25, 0.3) is 0 Å². The van der Waals surface area contributed by atoms with Gasteiger partial charge in [-0.25, -0.2) is 9.78 Å². The highest BCUT2D eigenvalue weighted by Gasteiger charge is 2.31. The summed E-state index contributed by atoms with van der Waals surface area (Å²) in [5.74, 6) is -3.10. The van der Waals surface area contributed by atoms with E-state index in [0.717, 1.165) is 21.6 Å². The van der Waals surface area contributed by atoms with Crippen molar-refractivity contribution >= 4 is 65.0 Å². The molecule has 6 rings (SSSR count). The third-order valence-electron chi connectivity index (χ3n) is 13.5. The number of ether oxygens (including phenoxy) is 5. The second kappa shape index (κ2) is 30.0. The van der Waals surface area contributed by atoms with Gasteiger partial charge in [-0.15, -0.1) is 0 Å². The Morgan fingerprint density at radius 1 is 0.691 bits per heavy atom. The number of rotatable bonds is 32. The summed E-state index contributed by atoms with van der Waals surface area (Å²) in [6.45, 7) is 5.43. The van der Waals surface area contributed by atoms with Gasteiger partial charge < -0.3 is 65.6 Å². The number of carboxylic acid groups (broad SMARTS) is 1. The average Bonchev–Trinajstić information content (AvgIpc) is 4.20. The topological polar surface area (TPSA) is 334 Å². The van der Waals surface area contributed by atoms with Gasteiger partial charge in [-0.3, -0.25) is 48.1 Å². The Balaban J connectivity index is 0.907. The smallest absolute Gasteiger partial charge is 0.312 e. The Labute approximate surface area is 468 Å². The summed E-state index contributed by atoms with van der Waals surface area (Å²) in [6.07, 6.45) is 4.34. The summed E-state index contributed by atoms with van der Waals surface area (Å²) < 4.78 is 28.6. The molecule has 3 aliphatic rings. The number of pyridine rings is 1. The maximum absolute atomic E-state index is 13.6. The van der Waals surface area contributed by atoms with Gasteiger partial charge in [0.2, 0.25) is 29.5 Å². The minimum absolute atomic E-state index is 0.0843. The Morgan fingerprint density at radius 3 is 1.98 bits per heavy atom. The number of nitrogens with one attached hydrogen (secondary N) is 4. The maximum Gasteiger partial charge on any atom is 0.312 e. The van der Waals surface area contributed by atoms with Crippen LogP contribution >= 0.6 is 0 Å². The number of carbonyl (C=O) groups excluding carboxylic acids is 9. The molecule has 0 saturated carbocycles. The highest BCUT2D eigenvalue weighted by atomic mass is 16.5. The third kappa shape index (κ3) is 18.4. The van der Waals surface area contributed by atoms with Crippen LogP contribution in [0.3, 0.4) is 0 Å². The number of amides is 9. The van der Waals surface area contributed by atoms with Gasteiger partial charge in [0.05, 0.1) is 52.5 Å². The van der Waals surface area contributed by atoms with E-state index in [1.54, 1.807) is 54.0 Å². The number of aliphatic carboxylic acids is 1. The van der Waals surface area contributed by atoms with E-state index in [1.807, 2.05) is 12.1 Å². The van der Waals surface area contributed by atoms with E-state index in [9.17, 15) is 47.9 Å². The summed E-state index contributed by atoms with van der Waals surface area (Å²) in [5, 5.41) is 19.7. The number of fused-ring (bicyclic) bond motifs is 2. The molecule has 2 aromatic carbocycles. The second-order valence-corrected chi connectivity index (χ2v) is 19.9. The first-order valence-electron chi connectivity index (χ1n) is 26.8. The minimum Gasteiger partial charge on any atom is -0.493 e. The number of hydrogen-bond donors (Lipinski definition) is 6. The van der Waals surface area contributed by atoms with Crippen molar-refractivity contribution in [1.82, 2.24) is 35.6 Å². The van der Waals surface area contributed by atoms with E-state index >= 15 is 0 Å². The van der Waals surface area contributed by atoms with Gasteiger partial charge in [-0.1, -0.05) is 32.4 Å². The molecule has 0 bridgehead atoms. The van der Waals surface area contributed by atoms with Crippen molar-refractivity contribution in [3.63, 3.8) is 0 Å². The highest BCUT2D eigenvalue weighted by molar-refractivity contribution is 6.12. The zero-order chi connectivity index (χ0) is 58.6. The molecule has 0 fully saturated rings. The number of unbranched alkanes of at least 4 members (excludes halogenated alkanes) is 2. The molecule has 2 atom stereocenters. The Hall–Kier alpha value is -8.77. The number of nitrogens with zero attached hydrogens (tertiary/aromatic N) is 4. The largest absolute Gasteiger partial charge is 0.493 e. The lowest BCUT2D eigenvalue weighted by molar-refractivity contribution is -0.147. The van der Waals surface area contributed by atoms with Crippen molar-refractivity contribution in [2.24, 2.45) is 11.7 Å². The molecule has 4 heterocycles. The fourth-order valence-electron chi connectivity index (χ4n) is 9.06. The lowest BCUT2D eigenvalue weighted by Gasteiger charge is -2.25. The van der Waals surface area contributed by atoms with Crippen LogP contribution in [-0.2, 0) is 80.7 Å². The summed E-state index contributed by atoms with van der Waals surface area (Å²) >= 11 is 0. The molecule has 3 aromatic rings. The monoisotopic (exact) mass is 1130 g/mol. The number of carboxylic acids is 1. The van der Waals surface area contributed by atoms with Crippen LogP contribution in [-0.4, -0.2) is 137 Å². The highest BCUT2D eigenvalue weighted by Crippen LogP contribution is 2.36. The number of imide groups is 1. The fourth-order valence-corrected chi connectivity index (χ4v) is 9.06. The van der Waals surface area contributed by atoms with Crippen molar-refractivity contribution < 1.29 is 76.7 Å². The predicted molar refractivity (Wildman–Crippen MR) is 289 cm³/mol. The van der Waals surface area contributed by atoms with Gasteiger partial charge in [0.25, 0.3) is 17.7 Å². The number of nitrogens with two attached hydrogens (primary N) is 1. The van der Waals surface area contributed by atoms with Crippen LogP contribution in [0.4, 0.5) is 10.5 Å². The molecule has 0 spiro atoms. The number of aromatic nitrogens is 1. The molecule has 0 radical (unpaired) electrons. The molecule has 25 nitrogen and oxygen atoms in total. The van der Waals surface area contributed by atoms with Crippen LogP contribution in [0.2, 0.25) is 0 Å². The summed E-state index contributed by atoms with van der Waals surface area (Å²) in [7, 11) is 3.01. The molecule has 436 valence electrons. The SMILES string of the molecule is COc1cc2c(cc1OCCCOc1nc3c(cc1OC)CN(C(=O)CCC(=O)O)C3)CN(C(=O)CCC(=O)OCc1ccc(NC(=O)[C@H](CCCNC(N)=O)NC(=O)[C@@H](NC(=O)CCCCCN3C(=O)C=CC3=O)C(C)C)cc1)C2. The number of primary amides is 1. The van der Waals surface area contributed by atoms with Crippen molar-refractivity contribution in [2.75, 3.05) is 45.8 Å². The lowest BCUT2D eigenvalue weighted by Crippen LogP contribution is -2.54. The Kier molecular flexibility index (Phi) is 22.8. The van der Waals surface area contributed by atoms with Crippen molar-refractivity contribution in [2.45, 2.75) is 129 Å². The van der Waals surface area contributed by atoms with E-state index in [2.05, 4.69) is 26.3 Å². The van der Waals surface area contributed by atoms with Gasteiger partial charge in [-0.2, -0.15) is 0 Å². The molecular formula is C56H71N9O16. The summed E-state index contributed by atoms with van der Waals surface area (Å²) in [4.78, 5) is 133. The zero-order valence-electron chi connectivity index (χ0n) is 46.0. The first-order chi connectivity index (χ1) is 38.8. The Morgan fingerprint density at radius 2 is 1.32 bits per heavy atom. The van der Waals surface area contributed by atoms with E-state index in [0.29, 0.717) is 79.5 Å². The summed E-state index contributed by atoms with van der Waals surface area (Å²) in [6, 6.07) is 9.11. The molecule has 0 saturated heterocycles. The minimum atomic E-state index is -1.07. The van der Waals surface area contributed by atoms with Crippen LogP contribution in [0.15, 0.2) is 54.6 Å². The van der Waals surface area contributed by atoms with Crippen LogP contribution in [0.5, 0.6) is 23.1 Å². The molecule has 9 amide bonds. The number of urea groups is 1. The molecule has 0 unspecified atom stereocenters. The molecule has 25 heteroatoms. The predicted octanol–water partition coefficient (Wildman–Crippen LogP) is 3.52. The van der Waals surface area contributed by atoms with E-state index < -0.39 is 41.9 Å². The number of carbonyl (C=O) groups is 10. The van der Waals surface area contributed by atoms with Gasteiger partial charge in [0, 0.05) is 76.2 Å². The van der Waals surface area contributed by atoms with Crippen molar-refractivity contribution in [1.29, 1.82) is 0 Å². The van der Waals surface area contributed by atoms with Gasteiger partial charge in [-0.05, 0) is 84.2 Å². The molecule has 7 N–H and O–H groups in total. The number of esters is 1. The van der Waals surface area contributed by atoms with Crippen LogP contribution < -0.4 is 45.9 Å². The Bertz CT molecular complexity index is 2820. The molecule has 0 aliphatic carbocycles. The zero-order valence-corrected chi connectivity index (χ0v) is 46.0. The summed E-state index contributed by atoms with van der Waals surface area (Å²) in [5.41, 5.74) is 9.37. The first kappa shape index (κ1) is 61.4. The average molecular weight is 1130 g/mol. The lowest BCUT2D eigenvalue weighted by atomic mass is 10.0. The standard InChI is InChI=1S/C56H71N9O16/c1-34(2)52(62-45(66)11-6-5-7-23-65-48(69)16-17-49(65)70)54(75)60-40(10-8-22-58-56(57)76)53(74)59-39-14-12-35(13-15-39)33-81-51(73)21-19-47(68)63-29-36-26-42(77-3)43(27-37(36)30-63)79-24-9-25-80-55-44(78-4)28-38-31-64(32-41(38)61-55)46(67)18-20-50(71)72/h12-17,26-28,34,40,52H,5-11,18-25,29-33H2,1-4H3,(H,59,74)(H,60,75)(H,62,66)(H,71,72)(H3,57,58,76)/t40-,52-/m0/s1. The van der Waals surface area contributed by atoms with E-state index in [-0.39, 0.29) is 126 Å². The van der Waals surface area contributed by atoms with Crippen molar-refractivity contribution in [3.8, 4) is 23.1 Å². The van der Waals surface area contributed by atoms with E-state index in [4.69, 9.17) is 34.5 Å². The number of benzene rings is 2. The number of methoxy groups -OCH3 is 2. The number of anilines is 1. The van der Waals surface area contributed by atoms with Gasteiger partial charge in [0.1, 0.15) is 18.7 Å². The van der Waals surface area contributed by atoms with Gasteiger partial charge >= 0.3 is 18.0 Å². The third-order valence-corrected chi connectivity index (χ3v) is 13.5. The quantitative estimate of drug-likeness (QED) is 0.0296. The normalized spacial score (nSPS) is 14.0. The first-order valence-corrected chi connectivity index (χ1v) is 26.8. The van der Waals surface area contributed by atoms with Crippen LogP contribution in [0.1, 0.15) is 112 Å². The number of hydrogen-bond acceptors (Lipinski definition) is 16. The van der Waals surface area contributed by atoms with E-state index in [1.165, 1.54) is 26.4 Å². The molecular weight excluding hydrogens is 1050 g/mol. The second-order valence-electron chi connectivity index (χ2n) is 19.9. The fraction of sp³-hybridized carbons (Fsp3) is 0.482. The molecule has 3 aliphatic heterocycles. The molecule has 1 aromatic heterocycles. The molecule has 81 heavy (non-hydrogen) atoms. The maximum atomic E-state index is 13.6. The van der Waals surface area contributed by atoms with Gasteiger partial charge in [0.15, 0.2) is 17.2 Å². The van der Waals surface area contributed by atoms with Crippen LogP contribution in [0, 0.1) is 5.92 Å².